The van der Waals surface area contributed by atoms with Gasteiger partial charge in [-0.2, -0.15) is 0 Å². The Balaban J connectivity index is 0.000000531. The standard InChI is InChI=1S/C11H11NO.C2H6/c1-9-2-3-11-10(8-9)4-5-12(11)6-7-13;1-2/h2-5,7-8H,6H2,1H3;1-2H3. The molecule has 0 saturated carbocycles. The molecule has 2 heteroatoms. The quantitative estimate of drug-likeness (QED) is 0.687. The van der Waals surface area contributed by atoms with Gasteiger partial charge in [0.1, 0.15) is 6.29 Å². The Morgan fingerprint density at radius 1 is 1.27 bits per heavy atom. The van der Waals surface area contributed by atoms with Crippen molar-refractivity contribution in [3.05, 3.63) is 36.0 Å². The molecule has 15 heavy (non-hydrogen) atoms. The van der Waals surface area contributed by atoms with Gasteiger partial charge in [0.25, 0.3) is 0 Å². The van der Waals surface area contributed by atoms with E-state index >= 15 is 0 Å². The summed E-state index contributed by atoms with van der Waals surface area (Å²) in [5, 5.41) is 1.20. The maximum Gasteiger partial charge on any atom is 0.139 e. The SMILES string of the molecule is CC.Cc1ccc2c(ccn2CC=O)c1. The van der Waals surface area contributed by atoms with Crippen molar-refractivity contribution in [3.8, 4) is 0 Å². The van der Waals surface area contributed by atoms with Crippen LogP contribution in [-0.4, -0.2) is 10.9 Å². The summed E-state index contributed by atoms with van der Waals surface area (Å²) in [5.74, 6) is 0. The minimum atomic E-state index is 0.437. The monoisotopic (exact) mass is 203 g/mol. The zero-order valence-corrected chi connectivity index (χ0v) is 9.53. The number of hydrogen-bond donors (Lipinski definition) is 0. The lowest BCUT2D eigenvalue weighted by molar-refractivity contribution is -0.108. The molecule has 0 radical (unpaired) electrons. The third kappa shape index (κ3) is 2.46. The van der Waals surface area contributed by atoms with Gasteiger partial charge < -0.3 is 9.36 Å². The lowest BCUT2D eigenvalue weighted by Crippen LogP contribution is -1.95. The van der Waals surface area contributed by atoms with Crippen LogP contribution in [-0.2, 0) is 11.3 Å². The number of carbonyl (C=O) groups excluding carboxylic acids is 1. The molecule has 0 atom stereocenters. The summed E-state index contributed by atoms with van der Waals surface area (Å²) < 4.78 is 1.95. The average molecular weight is 203 g/mol. The Morgan fingerprint density at radius 2 is 2.00 bits per heavy atom. The zero-order valence-electron chi connectivity index (χ0n) is 9.53. The topological polar surface area (TPSA) is 22.0 Å². The Hall–Kier alpha value is -1.57. The Morgan fingerprint density at radius 3 is 2.67 bits per heavy atom. The van der Waals surface area contributed by atoms with Gasteiger partial charge in [-0.15, -0.1) is 0 Å². The van der Waals surface area contributed by atoms with Crippen molar-refractivity contribution in [1.29, 1.82) is 0 Å². The maximum absolute atomic E-state index is 10.4. The number of aromatic nitrogens is 1. The second kappa shape index (κ2) is 5.35. The van der Waals surface area contributed by atoms with Crippen molar-refractivity contribution in [3.63, 3.8) is 0 Å². The van der Waals surface area contributed by atoms with Gasteiger partial charge in [0.15, 0.2) is 0 Å². The molecule has 1 aromatic carbocycles. The summed E-state index contributed by atoms with van der Waals surface area (Å²) in [5.41, 5.74) is 2.37. The third-order valence-corrected chi connectivity index (χ3v) is 2.20. The van der Waals surface area contributed by atoms with E-state index in [0.717, 1.165) is 11.8 Å². The van der Waals surface area contributed by atoms with E-state index in [1.54, 1.807) is 0 Å². The summed E-state index contributed by atoms with van der Waals surface area (Å²) >= 11 is 0. The number of carbonyl (C=O) groups is 1. The predicted molar refractivity (Wildman–Crippen MR) is 64.1 cm³/mol. The van der Waals surface area contributed by atoms with Crippen molar-refractivity contribution < 1.29 is 4.79 Å². The highest BCUT2D eigenvalue weighted by Crippen LogP contribution is 2.16. The van der Waals surface area contributed by atoms with Gasteiger partial charge in [0, 0.05) is 11.7 Å². The fraction of sp³-hybridized carbons (Fsp3) is 0.308. The zero-order chi connectivity index (χ0) is 11.3. The van der Waals surface area contributed by atoms with E-state index in [9.17, 15) is 4.79 Å². The van der Waals surface area contributed by atoms with Crippen LogP contribution < -0.4 is 0 Å². The van der Waals surface area contributed by atoms with Crippen LogP contribution in [0, 0.1) is 6.92 Å². The van der Waals surface area contributed by atoms with E-state index in [-0.39, 0.29) is 0 Å². The summed E-state index contributed by atoms with van der Waals surface area (Å²) in [7, 11) is 0. The van der Waals surface area contributed by atoms with Crippen LogP contribution in [0.4, 0.5) is 0 Å². The number of rotatable bonds is 2. The first-order valence-corrected chi connectivity index (χ1v) is 5.30. The lowest BCUT2D eigenvalue weighted by Gasteiger charge is -1.99. The fourth-order valence-corrected chi connectivity index (χ4v) is 1.56. The summed E-state index contributed by atoms with van der Waals surface area (Å²) in [6, 6.07) is 8.26. The summed E-state index contributed by atoms with van der Waals surface area (Å²) in [6.07, 6.45) is 2.86. The van der Waals surface area contributed by atoms with Crippen LogP contribution >= 0.6 is 0 Å². The first-order chi connectivity index (χ1) is 7.31. The highest BCUT2D eigenvalue weighted by atomic mass is 16.1. The molecule has 0 aliphatic rings. The average Bonchev–Trinajstić information content (AvgIpc) is 2.64. The third-order valence-electron chi connectivity index (χ3n) is 2.20. The van der Waals surface area contributed by atoms with Crippen LogP contribution in [0.1, 0.15) is 19.4 Å². The molecule has 2 rings (SSSR count). The second-order valence-electron chi connectivity index (χ2n) is 3.20. The molecule has 0 saturated heterocycles. The van der Waals surface area contributed by atoms with Gasteiger partial charge in [0.2, 0.25) is 0 Å². The smallest absolute Gasteiger partial charge is 0.139 e. The molecule has 0 fully saturated rings. The molecule has 0 bridgehead atoms. The molecule has 80 valence electrons. The molecule has 2 nitrogen and oxygen atoms in total. The van der Waals surface area contributed by atoms with E-state index in [4.69, 9.17) is 0 Å². The minimum Gasteiger partial charge on any atom is -0.340 e. The highest BCUT2D eigenvalue weighted by Gasteiger charge is 1.99. The van der Waals surface area contributed by atoms with Crippen LogP contribution in [0.15, 0.2) is 30.5 Å². The van der Waals surface area contributed by atoms with Crippen molar-refractivity contribution in [1.82, 2.24) is 4.57 Å². The highest BCUT2D eigenvalue weighted by molar-refractivity contribution is 5.81. The first kappa shape index (κ1) is 11.5. The molecule has 1 aromatic heterocycles. The molecule has 0 aliphatic heterocycles. The van der Waals surface area contributed by atoms with Gasteiger partial charge in [-0.3, -0.25) is 0 Å². The Labute approximate surface area is 90.5 Å². The van der Waals surface area contributed by atoms with Crippen molar-refractivity contribution in [2.75, 3.05) is 0 Å². The van der Waals surface area contributed by atoms with E-state index in [0.29, 0.717) is 6.54 Å². The Bertz CT molecular complexity index is 443. The molecule has 2 aromatic rings. The molecule has 0 unspecified atom stereocenters. The molecule has 0 amide bonds. The predicted octanol–water partition coefficient (Wildman–Crippen LogP) is 3.17. The maximum atomic E-state index is 10.4. The van der Waals surface area contributed by atoms with E-state index in [1.807, 2.05) is 36.7 Å². The van der Waals surface area contributed by atoms with Gasteiger partial charge in [-0.05, 0) is 30.5 Å². The Kier molecular flexibility index (Phi) is 4.10. The van der Waals surface area contributed by atoms with Crippen LogP contribution in [0.25, 0.3) is 10.9 Å². The van der Waals surface area contributed by atoms with Crippen LogP contribution in [0.3, 0.4) is 0 Å². The van der Waals surface area contributed by atoms with Crippen molar-refractivity contribution >= 4 is 17.2 Å². The molecule has 0 spiro atoms. The van der Waals surface area contributed by atoms with E-state index < -0.39 is 0 Å². The normalized spacial score (nSPS) is 9.53. The number of nitrogens with zero attached hydrogens (tertiary/aromatic N) is 1. The number of aldehydes is 1. The van der Waals surface area contributed by atoms with E-state index in [1.165, 1.54) is 10.9 Å². The van der Waals surface area contributed by atoms with Gasteiger partial charge in [-0.1, -0.05) is 25.5 Å². The molecule has 0 N–H and O–H groups in total. The second-order valence-corrected chi connectivity index (χ2v) is 3.20. The number of fused-ring (bicyclic) bond motifs is 1. The largest absolute Gasteiger partial charge is 0.340 e. The van der Waals surface area contributed by atoms with E-state index in [2.05, 4.69) is 19.1 Å². The summed E-state index contributed by atoms with van der Waals surface area (Å²) in [6.45, 7) is 6.50. The van der Waals surface area contributed by atoms with Crippen molar-refractivity contribution in [2.45, 2.75) is 27.3 Å². The molecule has 1 heterocycles. The van der Waals surface area contributed by atoms with Gasteiger partial charge in [0.05, 0.1) is 6.54 Å². The fourth-order valence-electron chi connectivity index (χ4n) is 1.56. The summed E-state index contributed by atoms with van der Waals surface area (Å²) in [4.78, 5) is 10.4. The van der Waals surface area contributed by atoms with Crippen LogP contribution in [0.5, 0.6) is 0 Å². The van der Waals surface area contributed by atoms with Gasteiger partial charge in [-0.25, -0.2) is 0 Å². The first-order valence-electron chi connectivity index (χ1n) is 5.30. The van der Waals surface area contributed by atoms with Gasteiger partial charge >= 0.3 is 0 Å². The van der Waals surface area contributed by atoms with Crippen LogP contribution in [0.2, 0.25) is 0 Å². The number of hydrogen-bond acceptors (Lipinski definition) is 1. The molecule has 0 aliphatic carbocycles. The lowest BCUT2D eigenvalue weighted by atomic mass is 10.2. The molecular formula is C13H17NO. The number of aryl methyl sites for hydroxylation is 1. The molecular weight excluding hydrogens is 186 g/mol. The van der Waals surface area contributed by atoms with Crippen molar-refractivity contribution in [2.24, 2.45) is 0 Å². The number of benzene rings is 1. The minimum absolute atomic E-state index is 0.437.